The number of carbonyl (C=O) groups is 1. The van der Waals surface area contributed by atoms with E-state index in [-0.39, 0.29) is 33.1 Å². The lowest BCUT2D eigenvalue weighted by Crippen LogP contribution is -2.21. The third kappa shape index (κ3) is 4.38. The van der Waals surface area contributed by atoms with Gasteiger partial charge in [-0.25, -0.2) is 13.1 Å². The summed E-state index contributed by atoms with van der Waals surface area (Å²) in [4.78, 5) is 12.4. The molecule has 1 amide bonds. The molecule has 0 unspecified atom stereocenters. The molecule has 3 aromatic rings. The highest BCUT2D eigenvalue weighted by Crippen LogP contribution is 2.33. The van der Waals surface area contributed by atoms with Crippen molar-refractivity contribution >= 4 is 39.0 Å². The lowest BCUT2D eigenvalue weighted by molar-refractivity contribution is -0.116. The quantitative estimate of drug-likeness (QED) is 0.551. The van der Waals surface area contributed by atoms with Crippen LogP contribution in [0.2, 0.25) is 0 Å². The fourth-order valence-electron chi connectivity index (χ4n) is 2.67. The molecule has 0 saturated carbocycles. The number of methoxy groups -OCH3 is 1. The first-order valence-corrected chi connectivity index (χ1v) is 11.2. The second-order valence-corrected chi connectivity index (χ2v) is 8.66. The van der Waals surface area contributed by atoms with Crippen molar-refractivity contribution in [1.82, 2.24) is 9.78 Å². The second kappa shape index (κ2) is 8.58. The van der Waals surface area contributed by atoms with Gasteiger partial charge in [-0.1, -0.05) is 18.2 Å². The third-order valence-electron chi connectivity index (χ3n) is 4.10. The maximum atomic E-state index is 13.0. The Bertz CT molecular complexity index is 1110. The number of nitrogen functional groups attached to an aromatic ring is 1. The molecule has 8 nitrogen and oxygen atoms in total. The summed E-state index contributed by atoms with van der Waals surface area (Å²) in [6.07, 6.45) is 1.70. The minimum absolute atomic E-state index is 0.0805. The molecule has 152 valence electrons. The van der Waals surface area contributed by atoms with E-state index in [0.29, 0.717) is 11.4 Å². The zero-order valence-corrected chi connectivity index (χ0v) is 17.5. The van der Waals surface area contributed by atoms with Crippen molar-refractivity contribution in [2.75, 3.05) is 24.4 Å². The molecule has 3 N–H and O–H groups in total. The van der Waals surface area contributed by atoms with Crippen molar-refractivity contribution in [3.05, 3.63) is 54.6 Å². The van der Waals surface area contributed by atoms with Crippen molar-refractivity contribution in [3.63, 3.8) is 0 Å². The molecule has 3 rings (SSSR count). The monoisotopic (exact) mass is 432 g/mol. The molecule has 1 aromatic heterocycles. The van der Waals surface area contributed by atoms with Crippen LogP contribution in [0.5, 0.6) is 5.75 Å². The van der Waals surface area contributed by atoms with E-state index in [1.165, 1.54) is 16.8 Å². The number of nitrogens with one attached hydrogen (secondary N) is 1. The Morgan fingerprint density at radius 3 is 2.41 bits per heavy atom. The summed E-state index contributed by atoms with van der Waals surface area (Å²) >= 11 is 1.15. The Morgan fingerprint density at radius 2 is 1.83 bits per heavy atom. The maximum absolute atomic E-state index is 13.0. The van der Waals surface area contributed by atoms with Crippen LogP contribution in [0.4, 0.5) is 11.5 Å². The van der Waals surface area contributed by atoms with E-state index in [1.54, 1.807) is 55.8 Å². The van der Waals surface area contributed by atoms with Gasteiger partial charge in [-0.15, -0.1) is 11.8 Å². The minimum atomic E-state index is -3.87. The van der Waals surface area contributed by atoms with Crippen LogP contribution in [0.3, 0.4) is 0 Å². The topological polar surface area (TPSA) is 116 Å². The van der Waals surface area contributed by atoms with Gasteiger partial charge in [0.15, 0.2) is 0 Å². The highest BCUT2D eigenvalue weighted by atomic mass is 32.2. The van der Waals surface area contributed by atoms with E-state index in [0.717, 1.165) is 11.8 Å². The largest absolute Gasteiger partial charge is 0.497 e. The van der Waals surface area contributed by atoms with Crippen molar-refractivity contribution in [1.29, 1.82) is 0 Å². The zero-order valence-electron chi connectivity index (χ0n) is 15.8. The fraction of sp³-hybridized carbons (Fsp3) is 0.158. The number of hydrogen-bond acceptors (Lipinski definition) is 7. The Hall–Kier alpha value is -2.98. The van der Waals surface area contributed by atoms with Crippen LogP contribution in [0.1, 0.15) is 0 Å². The molecular formula is C19H20N4O4S2. The number of nitrogens with zero attached hydrogens (tertiary/aromatic N) is 2. The molecule has 0 saturated heterocycles. The van der Waals surface area contributed by atoms with E-state index in [2.05, 4.69) is 10.4 Å². The first-order valence-electron chi connectivity index (χ1n) is 8.51. The molecule has 0 aliphatic rings. The Kier molecular flexibility index (Phi) is 6.14. The summed E-state index contributed by atoms with van der Waals surface area (Å²) in [5.74, 6) is 0.198. The summed E-state index contributed by atoms with van der Waals surface area (Å²) in [6.45, 7) is -0.226. The van der Waals surface area contributed by atoms with Gasteiger partial charge in [0, 0.05) is 5.69 Å². The average molecular weight is 433 g/mol. The molecule has 0 aliphatic heterocycles. The molecule has 10 heteroatoms. The summed E-state index contributed by atoms with van der Waals surface area (Å²) < 4.78 is 32.3. The number of benzene rings is 2. The van der Waals surface area contributed by atoms with Gasteiger partial charge in [-0.3, -0.25) is 4.79 Å². The van der Waals surface area contributed by atoms with Gasteiger partial charge in [0.1, 0.15) is 28.0 Å². The number of hydrogen-bond donors (Lipinski definition) is 2. The van der Waals surface area contributed by atoms with Gasteiger partial charge >= 0.3 is 0 Å². The lowest BCUT2D eigenvalue weighted by atomic mass is 10.3. The molecule has 0 aliphatic carbocycles. The number of carbonyl (C=O) groups excluding carboxylic acids is 1. The molecular weight excluding hydrogens is 412 g/mol. The van der Waals surface area contributed by atoms with E-state index in [9.17, 15) is 13.2 Å². The number of nitrogens with two attached hydrogens (primary N) is 1. The SMILES string of the molecule is COc1ccc(NC(=O)Cn2nc(SC)c(S(=O)(=O)c3ccccc3)c2N)cc1. The number of amides is 1. The van der Waals surface area contributed by atoms with Crippen molar-refractivity contribution in [3.8, 4) is 5.75 Å². The predicted octanol–water partition coefficient (Wildman–Crippen LogP) is 2.67. The molecule has 0 fully saturated rings. The van der Waals surface area contributed by atoms with Crippen molar-refractivity contribution in [2.45, 2.75) is 21.4 Å². The van der Waals surface area contributed by atoms with E-state index >= 15 is 0 Å². The molecule has 2 aromatic carbocycles. The van der Waals surface area contributed by atoms with Crippen LogP contribution < -0.4 is 15.8 Å². The standard InChI is InChI=1S/C19H20N4O4S2/c1-27-14-10-8-13(9-11-14)21-16(24)12-23-18(20)17(19(22-23)28-2)29(25,26)15-6-4-3-5-7-15/h3-11H,12,20H2,1-2H3,(H,21,24). The normalized spacial score (nSPS) is 11.2. The van der Waals surface area contributed by atoms with Gasteiger partial charge in [0.2, 0.25) is 15.7 Å². The summed E-state index contributed by atoms with van der Waals surface area (Å²) in [5.41, 5.74) is 6.67. The summed E-state index contributed by atoms with van der Waals surface area (Å²) in [5, 5.41) is 7.18. The Labute approximate surface area is 173 Å². The summed E-state index contributed by atoms with van der Waals surface area (Å²) in [7, 11) is -2.31. The summed E-state index contributed by atoms with van der Waals surface area (Å²) in [6, 6.07) is 14.8. The van der Waals surface area contributed by atoms with E-state index in [4.69, 9.17) is 10.5 Å². The van der Waals surface area contributed by atoms with Gasteiger partial charge in [-0.05, 0) is 42.7 Å². The minimum Gasteiger partial charge on any atom is -0.497 e. The highest BCUT2D eigenvalue weighted by Gasteiger charge is 2.29. The lowest BCUT2D eigenvalue weighted by Gasteiger charge is -2.08. The average Bonchev–Trinajstić information content (AvgIpc) is 3.05. The van der Waals surface area contributed by atoms with Crippen LogP contribution in [0.15, 0.2) is 69.4 Å². The Morgan fingerprint density at radius 1 is 1.17 bits per heavy atom. The van der Waals surface area contributed by atoms with Crippen molar-refractivity contribution < 1.29 is 17.9 Å². The van der Waals surface area contributed by atoms with Gasteiger partial charge in [0.25, 0.3) is 0 Å². The maximum Gasteiger partial charge on any atom is 0.246 e. The zero-order chi connectivity index (χ0) is 21.0. The van der Waals surface area contributed by atoms with Crippen LogP contribution in [0.25, 0.3) is 0 Å². The number of anilines is 2. The van der Waals surface area contributed by atoms with E-state index < -0.39 is 9.84 Å². The van der Waals surface area contributed by atoms with Crippen molar-refractivity contribution in [2.24, 2.45) is 0 Å². The smallest absolute Gasteiger partial charge is 0.246 e. The van der Waals surface area contributed by atoms with Crippen LogP contribution in [0, 0.1) is 0 Å². The molecule has 0 bridgehead atoms. The van der Waals surface area contributed by atoms with Crippen LogP contribution >= 0.6 is 11.8 Å². The van der Waals surface area contributed by atoms with Gasteiger partial charge < -0.3 is 15.8 Å². The van der Waals surface area contributed by atoms with Gasteiger partial charge in [-0.2, -0.15) is 5.10 Å². The van der Waals surface area contributed by atoms with E-state index in [1.807, 2.05) is 0 Å². The predicted molar refractivity (Wildman–Crippen MR) is 112 cm³/mol. The molecule has 0 spiro atoms. The fourth-order valence-corrected chi connectivity index (χ4v) is 5.12. The number of aromatic nitrogens is 2. The first-order chi connectivity index (χ1) is 13.9. The molecule has 29 heavy (non-hydrogen) atoms. The third-order valence-corrected chi connectivity index (χ3v) is 6.73. The van der Waals surface area contributed by atoms with Crippen LogP contribution in [-0.2, 0) is 21.2 Å². The molecule has 0 radical (unpaired) electrons. The first kappa shape index (κ1) is 20.7. The molecule has 0 atom stereocenters. The second-order valence-electron chi connectivity index (χ2n) is 5.97. The van der Waals surface area contributed by atoms with Crippen LogP contribution in [-0.4, -0.2) is 37.5 Å². The number of thioether (sulfide) groups is 1. The van der Waals surface area contributed by atoms with Gasteiger partial charge in [0.05, 0.1) is 12.0 Å². The highest BCUT2D eigenvalue weighted by molar-refractivity contribution is 7.99. The number of sulfone groups is 1. The number of ether oxygens (including phenoxy) is 1. The Balaban J connectivity index is 1.86. The molecule has 1 heterocycles. The number of rotatable bonds is 7.